The van der Waals surface area contributed by atoms with E-state index < -0.39 is 0 Å². The lowest BCUT2D eigenvalue weighted by atomic mass is 10.1. The Bertz CT molecular complexity index is 897. The molecule has 0 saturated carbocycles. The summed E-state index contributed by atoms with van der Waals surface area (Å²) in [4.78, 5) is 29.8. The molecule has 1 fully saturated rings. The van der Waals surface area contributed by atoms with Crippen LogP contribution in [0.5, 0.6) is 0 Å². The van der Waals surface area contributed by atoms with Crippen LogP contribution in [0.1, 0.15) is 21.5 Å². The Labute approximate surface area is 181 Å². The van der Waals surface area contributed by atoms with Gasteiger partial charge in [-0.2, -0.15) is 0 Å². The van der Waals surface area contributed by atoms with Crippen LogP contribution in [0, 0.1) is 0 Å². The zero-order valence-electron chi connectivity index (χ0n) is 17.0. The largest absolute Gasteiger partial charge is 0.356 e. The monoisotopic (exact) mass is 427 g/mol. The Kier molecular flexibility index (Phi) is 7.68. The molecule has 30 heavy (non-hydrogen) atoms. The van der Waals surface area contributed by atoms with Crippen molar-refractivity contribution in [2.24, 2.45) is 4.99 Å². The third-order valence-electron chi connectivity index (χ3n) is 4.83. The Morgan fingerprint density at radius 2 is 1.80 bits per heavy atom. The van der Waals surface area contributed by atoms with Gasteiger partial charge in [0.05, 0.1) is 6.54 Å². The minimum absolute atomic E-state index is 0.111. The Hall–Kier alpha value is -3.06. The molecule has 3 rings (SSSR count). The number of hydrogen-bond donors (Lipinski definition) is 3. The zero-order chi connectivity index (χ0) is 21.3. The molecule has 158 valence electrons. The van der Waals surface area contributed by atoms with Gasteiger partial charge in [-0.05, 0) is 41.8 Å². The number of guanidine groups is 1. The highest BCUT2D eigenvalue weighted by molar-refractivity contribution is 6.30. The summed E-state index contributed by atoms with van der Waals surface area (Å²) < 4.78 is 0. The van der Waals surface area contributed by atoms with E-state index in [1.54, 1.807) is 24.1 Å². The zero-order valence-corrected chi connectivity index (χ0v) is 17.7. The van der Waals surface area contributed by atoms with Crippen molar-refractivity contribution in [2.75, 3.05) is 33.2 Å². The SMILES string of the molecule is CN=C(NCCc1ccc(Cl)cc1)NCc1ccc(C(=O)N2CCNC(=O)C2)cc1. The van der Waals surface area contributed by atoms with Gasteiger partial charge in [-0.3, -0.25) is 14.6 Å². The molecule has 1 aliphatic rings. The maximum atomic E-state index is 12.5. The molecular formula is C22H26ClN5O2. The number of aliphatic imine (C=N–C) groups is 1. The number of carbonyl (C=O) groups is 2. The normalized spacial score (nSPS) is 14.3. The first-order chi connectivity index (χ1) is 14.5. The number of carbonyl (C=O) groups excluding carboxylic acids is 2. The molecular weight excluding hydrogens is 402 g/mol. The molecule has 2 aromatic carbocycles. The van der Waals surface area contributed by atoms with Crippen LogP contribution in [-0.2, 0) is 17.8 Å². The highest BCUT2D eigenvalue weighted by Gasteiger charge is 2.22. The molecule has 0 aromatic heterocycles. The molecule has 1 saturated heterocycles. The van der Waals surface area contributed by atoms with E-state index in [2.05, 4.69) is 20.9 Å². The predicted octanol–water partition coefficient (Wildman–Crippen LogP) is 1.82. The third kappa shape index (κ3) is 6.22. The van der Waals surface area contributed by atoms with E-state index in [-0.39, 0.29) is 18.4 Å². The minimum Gasteiger partial charge on any atom is -0.356 e. The first-order valence-corrected chi connectivity index (χ1v) is 10.3. The number of halogens is 1. The Morgan fingerprint density at radius 1 is 1.10 bits per heavy atom. The molecule has 0 radical (unpaired) electrons. The Balaban J connectivity index is 1.45. The first kappa shape index (κ1) is 21.6. The maximum absolute atomic E-state index is 12.5. The van der Waals surface area contributed by atoms with Crippen molar-refractivity contribution >= 4 is 29.4 Å². The molecule has 0 atom stereocenters. The number of piperazine rings is 1. The second-order valence-corrected chi connectivity index (χ2v) is 7.44. The van der Waals surface area contributed by atoms with Crippen LogP contribution in [0.2, 0.25) is 5.02 Å². The molecule has 8 heteroatoms. The van der Waals surface area contributed by atoms with Crippen molar-refractivity contribution < 1.29 is 9.59 Å². The lowest BCUT2D eigenvalue weighted by Crippen LogP contribution is -2.49. The summed E-state index contributed by atoms with van der Waals surface area (Å²) in [6.45, 7) is 2.47. The number of amides is 2. The van der Waals surface area contributed by atoms with Crippen LogP contribution >= 0.6 is 11.6 Å². The van der Waals surface area contributed by atoms with Crippen LogP contribution in [-0.4, -0.2) is 55.9 Å². The molecule has 0 aliphatic carbocycles. The number of rotatable bonds is 6. The fourth-order valence-electron chi connectivity index (χ4n) is 3.14. The predicted molar refractivity (Wildman–Crippen MR) is 119 cm³/mol. The second-order valence-electron chi connectivity index (χ2n) is 7.00. The number of benzene rings is 2. The summed E-state index contributed by atoms with van der Waals surface area (Å²) in [5.41, 5.74) is 2.82. The number of hydrogen-bond acceptors (Lipinski definition) is 3. The summed E-state index contributed by atoms with van der Waals surface area (Å²) in [5, 5.41) is 10.0. The van der Waals surface area contributed by atoms with Gasteiger partial charge in [-0.1, -0.05) is 35.9 Å². The van der Waals surface area contributed by atoms with E-state index in [4.69, 9.17) is 11.6 Å². The van der Waals surface area contributed by atoms with Gasteiger partial charge >= 0.3 is 0 Å². The van der Waals surface area contributed by atoms with E-state index >= 15 is 0 Å². The molecule has 0 bridgehead atoms. The molecule has 7 nitrogen and oxygen atoms in total. The topological polar surface area (TPSA) is 85.8 Å². The minimum atomic E-state index is -0.121. The van der Waals surface area contributed by atoms with Crippen molar-refractivity contribution in [1.82, 2.24) is 20.9 Å². The summed E-state index contributed by atoms with van der Waals surface area (Å²) >= 11 is 5.91. The molecule has 3 N–H and O–H groups in total. The number of nitrogens with one attached hydrogen (secondary N) is 3. The fraction of sp³-hybridized carbons (Fsp3) is 0.318. The maximum Gasteiger partial charge on any atom is 0.254 e. The highest BCUT2D eigenvalue weighted by atomic mass is 35.5. The fourth-order valence-corrected chi connectivity index (χ4v) is 3.27. The standard InChI is InChI=1S/C22H26ClN5O2/c1-24-22(26-11-10-16-4-8-19(23)9-5-16)27-14-17-2-6-18(7-3-17)21(30)28-13-12-25-20(29)15-28/h2-9H,10-15H2,1H3,(H,25,29)(H2,24,26,27). The third-order valence-corrected chi connectivity index (χ3v) is 5.08. The summed E-state index contributed by atoms with van der Waals surface area (Å²) in [6.07, 6.45) is 0.864. The van der Waals surface area contributed by atoms with Gasteiger partial charge in [-0.25, -0.2) is 0 Å². The van der Waals surface area contributed by atoms with Crippen molar-refractivity contribution in [3.8, 4) is 0 Å². The van der Waals surface area contributed by atoms with Crippen molar-refractivity contribution in [3.63, 3.8) is 0 Å². The lowest BCUT2D eigenvalue weighted by molar-refractivity contribution is -0.123. The van der Waals surface area contributed by atoms with Crippen molar-refractivity contribution in [1.29, 1.82) is 0 Å². The molecule has 0 unspecified atom stereocenters. The summed E-state index contributed by atoms with van der Waals surface area (Å²) in [6, 6.07) is 15.2. The molecule has 1 aliphatic heterocycles. The van der Waals surface area contributed by atoms with Gasteiger partial charge in [0.15, 0.2) is 5.96 Å². The van der Waals surface area contributed by atoms with E-state index in [1.165, 1.54) is 5.56 Å². The number of nitrogens with zero attached hydrogens (tertiary/aromatic N) is 2. The average Bonchev–Trinajstić information content (AvgIpc) is 2.77. The van der Waals surface area contributed by atoms with E-state index in [0.29, 0.717) is 31.2 Å². The molecule has 1 heterocycles. The van der Waals surface area contributed by atoms with Gasteiger partial charge in [-0.15, -0.1) is 0 Å². The van der Waals surface area contributed by atoms with E-state index in [1.807, 2.05) is 36.4 Å². The smallest absolute Gasteiger partial charge is 0.254 e. The van der Waals surface area contributed by atoms with Crippen molar-refractivity contribution in [2.45, 2.75) is 13.0 Å². The van der Waals surface area contributed by atoms with Gasteiger partial charge < -0.3 is 20.9 Å². The van der Waals surface area contributed by atoms with Gasteiger partial charge in [0, 0.05) is 43.8 Å². The van der Waals surface area contributed by atoms with Gasteiger partial charge in [0.1, 0.15) is 0 Å². The van der Waals surface area contributed by atoms with Crippen LogP contribution in [0.3, 0.4) is 0 Å². The van der Waals surface area contributed by atoms with E-state index in [0.717, 1.165) is 23.6 Å². The second kappa shape index (κ2) is 10.6. The average molecular weight is 428 g/mol. The van der Waals surface area contributed by atoms with Crippen molar-refractivity contribution in [3.05, 3.63) is 70.2 Å². The van der Waals surface area contributed by atoms with Crippen LogP contribution in [0.25, 0.3) is 0 Å². The quantitative estimate of drug-likeness (QED) is 0.485. The van der Waals surface area contributed by atoms with Gasteiger partial charge in [0.2, 0.25) is 5.91 Å². The summed E-state index contributed by atoms with van der Waals surface area (Å²) in [5.74, 6) is 0.470. The first-order valence-electron chi connectivity index (χ1n) is 9.89. The Morgan fingerprint density at radius 3 is 2.47 bits per heavy atom. The molecule has 2 amide bonds. The van der Waals surface area contributed by atoms with E-state index in [9.17, 15) is 9.59 Å². The lowest BCUT2D eigenvalue weighted by Gasteiger charge is -2.26. The summed E-state index contributed by atoms with van der Waals surface area (Å²) in [7, 11) is 1.73. The molecule has 2 aromatic rings. The molecule has 0 spiro atoms. The highest BCUT2D eigenvalue weighted by Crippen LogP contribution is 2.10. The van der Waals surface area contributed by atoms with Crippen LogP contribution in [0.4, 0.5) is 0 Å². The van der Waals surface area contributed by atoms with Gasteiger partial charge in [0.25, 0.3) is 5.91 Å². The van der Waals surface area contributed by atoms with Crippen LogP contribution < -0.4 is 16.0 Å². The van der Waals surface area contributed by atoms with Crippen LogP contribution in [0.15, 0.2) is 53.5 Å².